The first kappa shape index (κ1) is 11.2. The summed E-state index contributed by atoms with van der Waals surface area (Å²) in [6.45, 7) is 0. The number of benzene rings is 1. The molecule has 0 fully saturated rings. The van der Waals surface area contributed by atoms with Crippen LogP contribution in [-0.2, 0) is 16.0 Å². The molecule has 4 heteroatoms. The molecular weight excluding hydrogens is 218 g/mol. The van der Waals surface area contributed by atoms with Crippen molar-refractivity contribution in [1.82, 2.24) is 0 Å². The molecule has 0 bridgehead atoms. The number of hydrogen-bond donors (Lipinski definition) is 0. The zero-order valence-corrected chi connectivity index (χ0v) is 9.40. The van der Waals surface area contributed by atoms with Crippen molar-refractivity contribution < 1.29 is 13.9 Å². The maximum atomic E-state index is 11.0. The van der Waals surface area contributed by atoms with Crippen LogP contribution >= 0.6 is 0 Å². The molecule has 0 atom stereocenters. The molecule has 0 N–H and O–H groups in total. The lowest BCUT2D eigenvalue weighted by Crippen LogP contribution is -2.01. The molecule has 0 aliphatic heterocycles. The van der Waals surface area contributed by atoms with Gasteiger partial charge in [-0.1, -0.05) is 0 Å². The number of nitrogens with zero attached hydrogens (tertiary/aromatic N) is 1. The van der Waals surface area contributed by atoms with Gasteiger partial charge < -0.3 is 9.15 Å². The van der Waals surface area contributed by atoms with Crippen LogP contribution in [0.3, 0.4) is 0 Å². The highest BCUT2D eigenvalue weighted by atomic mass is 16.5. The summed E-state index contributed by atoms with van der Waals surface area (Å²) in [6, 6.07) is 9.15. The van der Waals surface area contributed by atoms with Crippen molar-refractivity contribution in [2.45, 2.75) is 12.8 Å². The van der Waals surface area contributed by atoms with Crippen molar-refractivity contribution >= 4 is 16.9 Å². The summed E-state index contributed by atoms with van der Waals surface area (Å²) in [7, 11) is 1.36. The number of ether oxygens (including phenoxy) is 1. The molecule has 0 saturated heterocycles. The van der Waals surface area contributed by atoms with Crippen molar-refractivity contribution in [3.8, 4) is 6.07 Å². The molecule has 0 spiro atoms. The second kappa shape index (κ2) is 4.71. The Morgan fingerprint density at radius 1 is 1.47 bits per heavy atom. The normalized spacial score (nSPS) is 10.1. The molecule has 0 aliphatic rings. The fourth-order valence-electron chi connectivity index (χ4n) is 1.62. The van der Waals surface area contributed by atoms with E-state index in [1.807, 2.05) is 6.07 Å². The third-order valence-electron chi connectivity index (χ3n) is 2.50. The van der Waals surface area contributed by atoms with Crippen LogP contribution in [0, 0.1) is 11.3 Å². The molecule has 2 rings (SSSR count). The third-order valence-corrected chi connectivity index (χ3v) is 2.50. The lowest BCUT2D eigenvalue weighted by atomic mass is 10.1. The van der Waals surface area contributed by atoms with Gasteiger partial charge in [0, 0.05) is 11.8 Å². The fraction of sp³-hybridized carbons (Fsp3) is 0.231. The molecule has 2 aromatic rings. The summed E-state index contributed by atoms with van der Waals surface area (Å²) >= 11 is 0. The van der Waals surface area contributed by atoms with Gasteiger partial charge in [-0.2, -0.15) is 5.26 Å². The topological polar surface area (TPSA) is 63.2 Å². The van der Waals surface area contributed by atoms with Crippen molar-refractivity contribution in [2.75, 3.05) is 7.11 Å². The van der Waals surface area contributed by atoms with Gasteiger partial charge in [0.25, 0.3) is 0 Å². The molecule has 0 unspecified atom stereocenters. The Bertz CT molecular complexity index is 592. The Morgan fingerprint density at radius 2 is 2.29 bits per heavy atom. The fourth-order valence-corrected chi connectivity index (χ4v) is 1.62. The van der Waals surface area contributed by atoms with Crippen LogP contribution in [0.2, 0.25) is 0 Å². The highest BCUT2D eigenvalue weighted by Gasteiger charge is 2.07. The number of aryl methyl sites for hydroxylation is 1. The number of fused-ring (bicyclic) bond motifs is 1. The number of esters is 1. The maximum Gasteiger partial charge on any atom is 0.305 e. The Morgan fingerprint density at radius 3 is 3.00 bits per heavy atom. The number of carbonyl (C=O) groups is 1. The molecule has 1 aromatic carbocycles. The second-order valence-corrected chi connectivity index (χ2v) is 3.65. The summed E-state index contributed by atoms with van der Waals surface area (Å²) in [5.41, 5.74) is 1.32. The highest BCUT2D eigenvalue weighted by molar-refractivity contribution is 5.79. The molecule has 86 valence electrons. The van der Waals surface area contributed by atoms with Crippen LogP contribution in [0.4, 0.5) is 0 Å². The number of rotatable bonds is 3. The zero-order valence-electron chi connectivity index (χ0n) is 9.40. The Balaban J connectivity index is 2.20. The number of methoxy groups -OCH3 is 1. The smallest absolute Gasteiger partial charge is 0.305 e. The van der Waals surface area contributed by atoms with E-state index in [-0.39, 0.29) is 5.97 Å². The molecule has 1 heterocycles. The SMILES string of the molecule is COC(=O)CCc1cc2cc(C#N)ccc2o1. The first-order chi connectivity index (χ1) is 8.22. The van der Waals surface area contributed by atoms with Gasteiger partial charge >= 0.3 is 5.97 Å². The van der Waals surface area contributed by atoms with Crippen LogP contribution in [0.25, 0.3) is 11.0 Å². The van der Waals surface area contributed by atoms with Crippen molar-refractivity contribution in [3.63, 3.8) is 0 Å². The van der Waals surface area contributed by atoms with Crippen molar-refractivity contribution in [3.05, 3.63) is 35.6 Å². The molecule has 0 radical (unpaired) electrons. The molecule has 1 aromatic heterocycles. The van der Waals surface area contributed by atoms with Gasteiger partial charge in [0.15, 0.2) is 0 Å². The van der Waals surface area contributed by atoms with E-state index in [0.717, 1.165) is 16.7 Å². The predicted molar refractivity (Wildman–Crippen MR) is 61.3 cm³/mol. The molecule has 0 aliphatic carbocycles. The van der Waals surface area contributed by atoms with E-state index in [1.165, 1.54) is 7.11 Å². The Labute approximate surface area is 98.4 Å². The van der Waals surface area contributed by atoms with Crippen LogP contribution in [0.15, 0.2) is 28.7 Å². The number of carbonyl (C=O) groups excluding carboxylic acids is 1. The highest BCUT2D eigenvalue weighted by Crippen LogP contribution is 2.21. The summed E-state index contributed by atoms with van der Waals surface area (Å²) in [4.78, 5) is 11.0. The molecule has 0 saturated carbocycles. The summed E-state index contributed by atoms with van der Waals surface area (Å²) in [5, 5.41) is 9.65. The molecule has 17 heavy (non-hydrogen) atoms. The predicted octanol–water partition coefficient (Wildman–Crippen LogP) is 2.41. The van der Waals surface area contributed by atoms with Gasteiger partial charge in [0.1, 0.15) is 11.3 Å². The van der Waals surface area contributed by atoms with Crippen LogP contribution in [-0.4, -0.2) is 13.1 Å². The number of hydrogen-bond acceptors (Lipinski definition) is 4. The molecule has 4 nitrogen and oxygen atoms in total. The first-order valence-electron chi connectivity index (χ1n) is 5.22. The zero-order chi connectivity index (χ0) is 12.3. The van der Waals surface area contributed by atoms with E-state index >= 15 is 0 Å². The van der Waals surface area contributed by atoms with Gasteiger partial charge in [-0.05, 0) is 24.3 Å². The lowest BCUT2D eigenvalue weighted by molar-refractivity contribution is -0.140. The average molecular weight is 229 g/mol. The van der Waals surface area contributed by atoms with Crippen LogP contribution in [0.5, 0.6) is 0 Å². The van der Waals surface area contributed by atoms with E-state index in [9.17, 15) is 4.79 Å². The van der Waals surface area contributed by atoms with Crippen molar-refractivity contribution in [1.29, 1.82) is 5.26 Å². The Kier molecular flexibility index (Phi) is 3.10. The summed E-state index contributed by atoms with van der Waals surface area (Å²) in [5.74, 6) is 0.462. The summed E-state index contributed by atoms with van der Waals surface area (Å²) in [6.07, 6.45) is 0.796. The van der Waals surface area contributed by atoms with E-state index in [1.54, 1.807) is 18.2 Å². The quantitative estimate of drug-likeness (QED) is 0.758. The van der Waals surface area contributed by atoms with Gasteiger partial charge in [0.2, 0.25) is 0 Å². The minimum absolute atomic E-state index is 0.261. The van der Waals surface area contributed by atoms with Crippen molar-refractivity contribution in [2.24, 2.45) is 0 Å². The first-order valence-corrected chi connectivity index (χ1v) is 5.22. The average Bonchev–Trinajstić information content (AvgIpc) is 2.77. The van der Waals surface area contributed by atoms with Gasteiger partial charge in [-0.25, -0.2) is 0 Å². The number of nitriles is 1. The molecule has 0 amide bonds. The standard InChI is InChI=1S/C13H11NO3/c1-16-13(15)5-3-11-7-10-6-9(8-14)2-4-12(10)17-11/h2,4,6-7H,3,5H2,1H3. The minimum atomic E-state index is -0.261. The largest absolute Gasteiger partial charge is 0.469 e. The van der Waals surface area contributed by atoms with E-state index < -0.39 is 0 Å². The lowest BCUT2D eigenvalue weighted by Gasteiger charge is -1.95. The second-order valence-electron chi connectivity index (χ2n) is 3.65. The summed E-state index contributed by atoms with van der Waals surface area (Å²) < 4.78 is 10.1. The van der Waals surface area contributed by atoms with E-state index in [2.05, 4.69) is 10.8 Å². The van der Waals surface area contributed by atoms with Gasteiger partial charge in [-0.3, -0.25) is 4.79 Å². The monoisotopic (exact) mass is 229 g/mol. The Hall–Kier alpha value is -2.28. The van der Waals surface area contributed by atoms with E-state index in [4.69, 9.17) is 9.68 Å². The number of furan rings is 1. The van der Waals surface area contributed by atoms with Crippen LogP contribution < -0.4 is 0 Å². The van der Waals surface area contributed by atoms with Crippen LogP contribution in [0.1, 0.15) is 17.7 Å². The molecular formula is C13H11NO3. The maximum absolute atomic E-state index is 11.0. The van der Waals surface area contributed by atoms with Gasteiger partial charge in [0.05, 0.1) is 25.2 Å². The third kappa shape index (κ3) is 2.45. The van der Waals surface area contributed by atoms with Gasteiger partial charge in [-0.15, -0.1) is 0 Å². The van der Waals surface area contributed by atoms with E-state index in [0.29, 0.717) is 18.4 Å². The minimum Gasteiger partial charge on any atom is -0.469 e.